The molecule has 0 bridgehead atoms. The highest BCUT2D eigenvalue weighted by Crippen LogP contribution is 2.32. The van der Waals surface area contributed by atoms with E-state index >= 15 is 0 Å². The van der Waals surface area contributed by atoms with Crippen molar-refractivity contribution < 1.29 is 5.11 Å². The van der Waals surface area contributed by atoms with Crippen LogP contribution in [0.2, 0.25) is 0 Å². The van der Waals surface area contributed by atoms with Gasteiger partial charge in [-0.25, -0.2) is 0 Å². The van der Waals surface area contributed by atoms with Crippen LogP contribution in [0.1, 0.15) is 25.0 Å². The van der Waals surface area contributed by atoms with Gasteiger partial charge in [0.2, 0.25) is 0 Å². The molecule has 14 heavy (non-hydrogen) atoms. The van der Waals surface area contributed by atoms with E-state index in [0.29, 0.717) is 5.75 Å². The molecule has 0 fully saturated rings. The Morgan fingerprint density at radius 3 is 2.21 bits per heavy atom. The molecule has 1 rings (SSSR count). The van der Waals surface area contributed by atoms with Crippen molar-refractivity contribution in [1.82, 2.24) is 0 Å². The maximum Gasteiger partial charge on any atom is 0.136 e. The summed E-state index contributed by atoms with van der Waals surface area (Å²) in [5, 5.41) is 9.78. The van der Waals surface area contributed by atoms with Crippen LogP contribution in [0.25, 0.3) is 11.1 Å². The zero-order valence-corrected chi connectivity index (χ0v) is 10.6. The lowest BCUT2D eigenvalue weighted by atomic mass is 10.0. The van der Waals surface area contributed by atoms with Crippen LogP contribution >= 0.6 is 22.6 Å². The van der Waals surface area contributed by atoms with Crippen molar-refractivity contribution in [2.75, 3.05) is 0 Å². The van der Waals surface area contributed by atoms with Crippen LogP contribution in [0.15, 0.2) is 25.3 Å². The minimum absolute atomic E-state index is 0.308. The molecule has 74 valence electrons. The highest BCUT2D eigenvalue weighted by atomic mass is 127. The lowest BCUT2D eigenvalue weighted by Crippen LogP contribution is -1.88. The Hall–Kier alpha value is -0.770. The summed E-state index contributed by atoms with van der Waals surface area (Å²) in [6.07, 6.45) is 0. The molecule has 1 nitrogen and oxygen atoms in total. The molecule has 0 saturated carbocycles. The first-order valence-electron chi connectivity index (χ1n) is 4.27. The molecule has 0 saturated heterocycles. The summed E-state index contributed by atoms with van der Waals surface area (Å²) in [5.74, 6) is 0.308. The van der Waals surface area contributed by atoms with Crippen molar-refractivity contribution in [2.45, 2.75) is 13.8 Å². The largest absolute Gasteiger partial charge is 0.506 e. The maximum absolute atomic E-state index is 9.78. The van der Waals surface area contributed by atoms with Gasteiger partial charge in [-0.2, -0.15) is 0 Å². The van der Waals surface area contributed by atoms with Gasteiger partial charge in [0.25, 0.3) is 0 Å². The first kappa shape index (κ1) is 11.3. The number of aromatic hydroxyl groups is 1. The number of phenols is 1. The third kappa shape index (κ3) is 2.18. The zero-order valence-electron chi connectivity index (χ0n) is 8.39. The average Bonchev–Trinajstić information content (AvgIpc) is 2.08. The third-order valence-corrected chi connectivity index (χ3v) is 2.84. The van der Waals surface area contributed by atoms with E-state index in [9.17, 15) is 5.11 Å². The van der Waals surface area contributed by atoms with Crippen LogP contribution < -0.4 is 0 Å². The molecule has 0 spiro atoms. The Morgan fingerprint density at radius 2 is 1.79 bits per heavy atom. The molecule has 0 atom stereocenters. The normalized spacial score (nSPS) is 9.93. The highest BCUT2D eigenvalue weighted by Gasteiger charge is 2.08. The van der Waals surface area contributed by atoms with Gasteiger partial charge in [-0.15, -0.1) is 0 Å². The second-order valence-electron chi connectivity index (χ2n) is 3.41. The number of halogens is 1. The standard InChI is InChI=1S/C12H13IO/c1-7(2)9-5-10(8(3)4)12(14)11(13)6-9/h5-6,14H,1,3H2,2,4H3. The van der Waals surface area contributed by atoms with E-state index < -0.39 is 0 Å². The fourth-order valence-electron chi connectivity index (χ4n) is 1.17. The smallest absolute Gasteiger partial charge is 0.136 e. The average molecular weight is 300 g/mol. The molecule has 0 radical (unpaired) electrons. The van der Waals surface area contributed by atoms with Gasteiger partial charge in [0.1, 0.15) is 5.75 Å². The monoisotopic (exact) mass is 300 g/mol. The first-order chi connectivity index (χ1) is 6.43. The van der Waals surface area contributed by atoms with E-state index in [1.807, 2.05) is 26.0 Å². The van der Waals surface area contributed by atoms with Crippen LogP contribution in [0.3, 0.4) is 0 Å². The summed E-state index contributed by atoms with van der Waals surface area (Å²) in [6, 6.07) is 3.84. The molecule has 0 aliphatic heterocycles. The van der Waals surface area contributed by atoms with E-state index in [2.05, 4.69) is 35.7 Å². The number of phenolic OH excluding ortho intramolecular Hbond substituents is 1. The lowest BCUT2D eigenvalue weighted by Gasteiger charge is -2.09. The fourth-order valence-corrected chi connectivity index (χ4v) is 1.80. The molecule has 2 heteroatoms. The Balaban J connectivity index is 3.43. The summed E-state index contributed by atoms with van der Waals surface area (Å²) in [7, 11) is 0. The summed E-state index contributed by atoms with van der Waals surface area (Å²) in [4.78, 5) is 0. The van der Waals surface area contributed by atoms with Gasteiger partial charge in [-0.05, 0) is 59.7 Å². The summed E-state index contributed by atoms with van der Waals surface area (Å²) < 4.78 is 0.834. The van der Waals surface area contributed by atoms with Crippen molar-refractivity contribution in [1.29, 1.82) is 0 Å². The minimum atomic E-state index is 0.308. The van der Waals surface area contributed by atoms with Gasteiger partial charge in [0.05, 0.1) is 3.57 Å². The van der Waals surface area contributed by atoms with Crippen LogP contribution in [-0.2, 0) is 0 Å². The second kappa shape index (κ2) is 4.17. The molecular weight excluding hydrogens is 287 g/mol. The van der Waals surface area contributed by atoms with E-state index in [4.69, 9.17) is 0 Å². The summed E-state index contributed by atoms with van der Waals surface area (Å²) in [6.45, 7) is 11.5. The molecule has 0 amide bonds. The Labute approximate surface area is 98.3 Å². The SMILES string of the molecule is C=C(C)c1cc(I)c(O)c(C(=C)C)c1. The number of hydrogen-bond acceptors (Lipinski definition) is 1. The quantitative estimate of drug-likeness (QED) is 0.817. The lowest BCUT2D eigenvalue weighted by molar-refractivity contribution is 0.469. The fraction of sp³-hybridized carbons (Fsp3) is 0.167. The Bertz CT molecular complexity index is 405. The van der Waals surface area contributed by atoms with Crippen LogP contribution in [0.4, 0.5) is 0 Å². The zero-order chi connectivity index (χ0) is 10.9. The molecule has 0 unspecified atom stereocenters. The molecule has 1 aromatic carbocycles. The second-order valence-corrected chi connectivity index (χ2v) is 4.58. The van der Waals surface area contributed by atoms with Crippen LogP contribution in [0.5, 0.6) is 5.75 Å². The number of allylic oxidation sites excluding steroid dienone is 2. The molecule has 0 aromatic heterocycles. The predicted molar refractivity (Wildman–Crippen MR) is 70.2 cm³/mol. The van der Waals surface area contributed by atoms with E-state index in [1.54, 1.807) is 0 Å². The van der Waals surface area contributed by atoms with Crippen LogP contribution in [-0.4, -0.2) is 5.11 Å². The molecule has 0 aliphatic carbocycles. The van der Waals surface area contributed by atoms with Gasteiger partial charge in [0, 0.05) is 5.56 Å². The van der Waals surface area contributed by atoms with Crippen molar-refractivity contribution in [3.05, 3.63) is 40.0 Å². The van der Waals surface area contributed by atoms with E-state index in [0.717, 1.165) is 25.8 Å². The molecule has 1 aromatic rings. The van der Waals surface area contributed by atoms with Crippen molar-refractivity contribution in [3.63, 3.8) is 0 Å². The highest BCUT2D eigenvalue weighted by molar-refractivity contribution is 14.1. The Morgan fingerprint density at radius 1 is 1.21 bits per heavy atom. The van der Waals surface area contributed by atoms with Gasteiger partial charge in [-0.1, -0.05) is 18.7 Å². The van der Waals surface area contributed by atoms with Gasteiger partial charge in [0.15, 0.2) is 0 Å². The van der Waals surface area contributed by atoms with Gasteiger partial charge >= 0.3 is 0 Å². The van der Waals surface area contributed by atoms with Gasteiger partial charge in [-0.3, -0.25) is 0 Å². The topological polar surface area (TPSA) is 20.2 Å². The van der Waals surface area contributed by atoms with E-state index in [-0.39, 0.29) is 0 Å². The minimum Gasteiger partial charge on any atom is -0.506 e. The maximum atomic E-state index is 9.78. The van der Waals surface area contributed by atoms with E-state index in [1.165, 1.54) is 0 Å². The number of benzene rings is 1. The summed E-state index contributed by atoms with van der Waals surface area (Å²) in [5.41, 5.74) is 3.70. The summed E-state index contributed by atoms with van der Waals surface area (Å²) >= 11 is 2.11. The first-order valence-corrected chi connectivity index (χ1v) is 5.35. The Kier molecular flexibility index (Phi) is 3.37. The molecular formula is C12H13IO. The molecule has 1 N–H and O–H groups in total. The van der Waals surface area contributed by atoms with Crippen molar-refractivity contribution >= 4 is 33.7 Å². The van der Waals surface area contributed by atoms with Crippen molar-refractivity contribution in [3.8, 4) is 5.75 Å². The number of hydrogen-bond donors (Lipinski definition) is 1. The van der Waals surface area contributed by atoms with Crippen LogP contribution in [0, 0.1) is 3.57 Å². The third-order valence-electron chi connectivity index (χ3n) is 2.02. The van der Waals surface area contributed by atoms with Gasteiger partial charge < -0.3 is 5.11 Å². The number of rotatable bonds is 2. The molecule has 0 heterocycles. The van der Waals surface area contributed by atoms with Crippen molar-refractivity contribution in [2.24, 2.45) is 0 Å². The predicted octanol–water partition coefficient (Wildman–Crippen LogP) is 4.06. The molecule has 0 aliphatic rings.